The Labute approximate surface area is 192 Å². The monoisotopic (exact) mass is 442 g/mol. The van der Waals surface area contributed by atoms with Crippen molar-refractivity contribution >= 4 is 17.8 Å². The molecule has 0 bridgehead atoms. The summed E-state index contributed by atoms with van der Waals surface area (Å²) in [5, 5.41) is 0. The van der Waals surface area contributed by atoms with E-state index in [0.29, 0.717) is 18.9 Å². The van der Waals surface area contributed by atoms with Crippen molar-refractivity contribution in [2.24, 2.45) is 5.92 Å². The molecule has 4 heterocycles. The minimum Gasteiger partial charge on any atom is -0.450 e. The van der Waals surface area contributed by atoms with Crippen LogP contribution in [0.15, 0.2) is 18.3 Å². The molecule has 0 unspecified atom stereocenters. The number of rotatable bonds is 6. The van der Waals surface area contributed by atoms with Crippen LogP contribution >= 0.6 is 0 Å². The Balaban J connectivity index is 1.35. The van der Waals surface area contributed by atoms with Crippen LogP contribution in [-0.2, 0) is 14.9 Å². The molecule has 176 valence electrons. The van der Waals surface area contributed by atoms with E-state index in [0.717, 1.165) is 83.6 Å². The second-order valence-electron chi connectivity index (χ2n) is 9.66. The number of amides is 2. The fourth-order valence-corrected chi connectivity index (χ4v) is 5.66. The molecule has 0 aliphatic carbocycles. The molecule has 0 radical (unpaired) electrons. The van der Waals surface area contributed by atoms with Gasteiger partial charge in [-0.1, -0.05) is 19.4 Å². The molecule has 3 aliphatic rings. The molecule has 0 aromatic carbocycles. The number of fused-ring (bicyclic) bond motifs is 2. The van der Waals surface area contributed by atoms with Gasteiger partial charge in [-0.15, -0.1) is 0 Å². The Kier molecular flexibility index (Phi) is 7.33. The summed E-state index contributed by atoms with van der Waals surface area (Å²) in [6.45, 7) is 9.94. The molecular weight excluding hydrogens is 404 g/mol. The topological polar surface area (TPSA) is 66.0 Å². The highest BCUT2D eigenvalue weighted by molar-refractivity contribution is 5.96. The average molecular weight is 443 g/mol. The lowest BCUT2D eigenvalue weighted by Gasteiger charge is -2.47. The van der Waals surface area contributed by atoms with Gasteiger partial charge >= 0.3 is 6.09 Å². The Morgan fingerprint density at radius 1 is 1.19 bits per heavy atom. The van der Waals surface area contributed by atoms with Crippen LogP contribution in [-0.4, -0.2) is 72.7 Å². The van der Waals surface area contributed by atoms with Crippen molar-refractivity contribution in [3.63, 3.8) is 0 Å². The van der Waals surface area contributed by atoms with Crippen molar-refractivity contribution in [1.29, 1.82) is 0 Å². The molecule has 7 nitrogen and oxygen atoms in total. The van der Waals surface area contributed by atoms with E-state index in [-0.39, 0.29) is 17.4 Å². The molecule has 2 amide bonds. The SMILES string of the molecule is CCCCN1C(=O)CC2(CCN(CC3CCN(C(=O)OCC)CC3)CC2)c2cccnc21. The number of carbonyl (C=O) groups is 2. The van der Waals surface area contributed by atoms with Gasteiger partial charge in [0.1, 0.15) is 5.82 Å². The molecular formula is C25H38N4O3. The van der Waals surface area contributed by atoms with Crippen molar-refractivity contribution in [3.8, 4) is 0 Å². The Morgan fingerprint density at radius 3 is 2.62 bits per heavy atom. The molecule has 2 saturated heterocycles. The van der Waals surface area contributed by atoms with E-state index in [9.17, 15) is 9.59 Å². The van der Waals surface area contributed by atoms with Gasteiger partial charge in [-0.25, -0.2) is 9.78 Å². The molecule has 2 fully saturated rings. The lowest BCUT2D eigenvalue weighted by atomic mass is 9.68. The number of carbonyl (C=O) groups excluding carboxylic acids is 2. The first-order valence-electron chi connectivity index (χ1n) is 12.5. The van der Waals surface area contributed by atoms with Gasteiger partial charge in [0.2, 0.25) is 5.91 Å². The lowest BCUT2D eigenvalue weighted by Crippen LogP contribution is -2.51. The first-order valence-corrected chi connectivity index (χ1v) is 12.5. The van der Waals surface area contributed by atoms with Crippen molar-refractivity contribution in [2.45, 2.75) is 64.2 Å². The van der Waals surface area contributed by atoms with Crippen LogP contribution in [0.4, 0.5) is 10.6 Å². The summed E-state index contributed by atoms with van der Waals surface area (Å²) >= 11 is 0. The summed E-state index contributed by atoms with van der Waals surface area (Å²) in [6.07, 6.45) is 8.45. The number of ether oxygens (including phenoxy) is 1. The molecule has 1 aromatic heterocycles. The van der Waals surface area contributed by atoms with E-state index in [2.05, 4.69) is 22.9 Å². The maximum Gasteiger partial charge on any atom is 0.409 e. The molecule has 32 heavy (non-hydrogen) atoms. The van der Waals surface area contributed by atoms with Gasteiger partial charge in [0.15, 0.2) is 0 Å². The molecule has 0 N–H and O–H groups in total. The summed E-state index contributed by atoms with van der Waals surface area (Å²) in [5.41, 5.74) is 1.21. The molecule has 1 spiro atoms. The van der Waals surface area contributed by atoms with E-state index in [1.807, 2.05) is 29.0 Å². The third kappa shape index (κ3) is 4.77. The predicted octanol–water partition coefficient (Wildman–Crippen LogP) is 3.82. The fraction of sp³-hybridized carbons (Fsp3) is 0.720. The molecule has 3 aliphatic heterocycles. The Morgan fingerprint density at radius 2 is 1.94 bits per heavy atom. The van der Waals surface area contributed by atoms with E-state index < -0.39 is 0 Å². The molecule has 0 atom stereocenters. The van der Waals surface area contributed by atoms with Crippen molar-refractivity contribution in [3.05, 3.63) is 23.9 Å². The standard InChI is InChI=1S/C25H38N4O3/c1-3-5-13-29-22(30)18-25(21-7-6-12-26-23(21)29)10-16-27(17-11-25)19-20-8-14-28(15-9-20)24(31)32-4-2/h6-7,12,20H,3-5,8-11,13-19H2,1-2H3. The third-order valence-corrected chi connectivity index (χ3v) is 7.61. The van der Waals surface area contributed by atoms with E-state index in [4.69, 9.17) is 4.74 Å². The zero-order valence-corrected chi connectivity index (χ0v) is 19.7. The van der Waals surface area contributed by atoms with Crippen LogP contribution in [0.25, 0.3) is 0 Å². The maximum absolute atomic E-state index is 13.1. The van der Waals surface area contributed by atoms with Crippen molar-refractivity contribution < 1.29 is 14.3 Å². The number of hydrogen-bond donors (Lipinski definition) is 0. The largest absolute Gasteiger partial charge is 0.450 e. The summed E-state index contributed by atoms with van der Waals surface area (Å²) in [5.74, 6) is 1.77. The van der Waals surface area contributed by atoms with E-state index >= 15 is 0 Å². The normalized spacial score (nSPS) is 21.6. The first kappa shape index (κ1) is 23.0. The maximum atomic E-state index is 13.1. The number of pyridine rings is 1. The number of nitrogens with zero attached hydrogens (tertiary/aromatic N) is 4. The number of piperidine rings is 2. The highest BCUT2D eigenvalue weighted by atomic mass is 16.6. The number of anilines is 1. The summed E-state index contributed by atoms with van der Waals surface area (Å²) in [6, 6.07) is 4.23. The highest BCUT2D eigenvalue weighted by Crippen LogP contribution is 2.46. The summed E-state index contributed by atoms with van der Waals surface area (Å²) in [4.78, 5) is 36.0. The van der Waals surface area contributed by atoms with E-state index in [1.165, 1.54) is 5.56 Å². The highest BCUT2D eigenvalue weighted by Gasteiger charge is 2.45. The molecule has 0 saturated carbocycles. The summed E-state index contributed by atoms with van der Waals surface area (Å²) < 4.78 is 5.14. The van der Waals surface area contributed by atoms with Gasteiger partial charge in [-0.2, -0.15) is 0 Å². The van der Waals surface area contributed by atoms with Gasteiger partial charge in [0.25, 0.3) is 0 Å². The molecule has 7 heteroatoms. The van der Waals surface area contributed by atoms with Gasteiger partial charge in [-0.05, 0) is 64.1 Å². The van der Waals surface area contributed by atoms with Gasteiger partial charge in [-0.3, -0.25) is 9.69 Å². The quantitative estimate of drug-likeness (QED) is 0.670. The minimum absolute atomic E-state index is 0.0623. The lowest BCUT2D eigenvalue weighted by molar-refractivity contribution is -0.121. The number of unbranched alkanes of at least 4 members (excludes halogenated alkanes) is 1. The van der Waals surface area contributed by atoms with E-state index in [1.54, 1.807) is 0 Å². The zero-order valence-electron chi connectivity index (χ0n) is 19.7. The van der Waals surface area contributed by atoms with Crippen LogP contribution < -0.4 is 4.90 Å². The molecule has 4 rings (SSSR count). The van der Waals surface area contributed by atoms with Crippen LogP contribution in [0.2, 0.25) is 0 Å². The van der Waals surface area contributed by atoms with Gasteiger partial charge in [0, 0.05) is 49.8 Å². The third-order valence-electron chi connectivity index (χ3n) is 7.61. The van der Waals surface area contributed by atoms with Crippen molar-refractivity contribution in [1.82, 2.24) is 14.8 Å². The smallest absolute Gasteiger partial charge is 0.409 e. The zero-order chi connectivity index (χ0) is 22.6. The summed E-state index contributed by atoms with van der Waals surface area (Å²) in [7, 11) is 0. The second kappa shape index (κ2) is 10.2. The Hall–Kier alpha value is -2.15. The van der Waals surface area contributed by atoms with Crippen LogP contribution in [0.1, 0.15) is 64.4 Å². The minimum atomic E-state index is -0.173. The number of likely N-dealkylation sites (tertiary alicyclic amines) is 2. The molecule has 1 aromatic rings. The van der Waals surface area contributed by atoms with Crippen LogP contribution in [0.5, 0.6) is 0 Å². The average Bonchev–Trinajstić information content (AvgIpc) is 2.81. The predicted molar refractivity (Wildman–Crippen MR) is 125 cm³/mol. The van der Waals surface area contributed by atoms with Crippen LogP contribution in [0.3, 0.4) is 0 Å². The van der Waals surface area contributed by atoms with Crippen molar-refractivity contribution in [2.75, 3.05) is 50.8 Å². The second-order valence-corrected chi connectivity index (χ2v) is 9.66. The van der Waals surface area contributed by atoms with Gasteiger partial charge in [0.05, 0.1) is 6.61 Å². The Bertz CT molecular complexity index is 798. The first-order chi connectivity index (χ1) is 15.6. The van der Waals surface area contributed by atoms with Crippen LogP contribution in [0, 0.1) is 5.92 Å². The number of hydrogen-bond acceptors (Lipinski definition) is 5. The number of aromatic nitrogens is 1. The van der Waals surface area contributed by atoms with Gasteiger partial charge < -0.3 is 14.5 Å². The fourth-order valence-electron chi connectivity index (χ4n) is 5.66.